The topological polar surface area (TPSA) is 119 Å². The van der Waals surface area contributed by atoms with Gasteiger partial charge in [-0.1, -0.05) is 48.2 Å². The van der Waals surface area contributed by atoms with E-state index in [0.29, 0.717) is 41.3 Å². The van der Waals surface area contributed by atoms with E-state index in [2.05, 4.69) is 9.97 Å². The number of aliphatic hydroxyl groups is 1. The summed E-state index contributed by atoms with van der Waals surface area (Å²) in [6.45, 7) is 3.58. The number of fused-ring (bicyclic) bond motifs is 1. The first-order chi connectivity index (χ1) is 15.9. The van der Waals surface area contributed by atoms with E-state index >= 15 is 0 Å². The number of aliphatic hydroxyl groups excluding tert-OH is 1. The predicted molar refractivity (Wildman–Crippen MR) is 129 cm³/mol. The number of rotatable bonds is 10. The van der Waals surface area contributed by atoms with Gasteiger partial charge in [0.25, 0.3) is 0 Å². The number of esters is 1. The highest BCUT2D eigenvalue weighted by molar-refractivity contribution is 8.02. The van der Waals surface area contributed by atoms with E-state index in [1.807, 2.05) is 36.4 Å². The fraction of sp³-hybridized carbons (Fsp3) is 0.250. The Morgan fingerprint density at radius 1 is 1.24 bits per heavy atom. The molecular formula is C24H26N4O4S. The molecule has 3 N–H and O–H groups in total. The molecule has 3 rings (SSSR count). The normalized spacial score (nSPS) is 11.7. The van der Waals surface area contributed by atoms with Gasteiger partial charge in [-0.2, -0.15) is 0 Å². The minimum Gasteiger partial charge on any atom is -0.451 e. The Kier molecular flexibility index (Phi) is 8.39. The highest BCUT2D eigenvalue weighted by Crippen LogP contribution is 2.27. The number of aromatic nitrogens is 2. The number of nitrogens with zero attached hydrogens (tertiary/aromatic N) is 3. The molecule has 9 heteroatoms. The molecule has 0 spiro atoms. The Labute approximate surface area is 196 Å². The SMILES string of the molecule is C/C(=C(\CCO)SCOC(=O)c1cccc2ccccc12)N(C=O)Cc1cnc(C)nc1N. The van der Waals surface area contributed by atoms with Crippen LogP contribution in [0.15, 0.2) is 59.3 Å². The lowest BCUT2D eigenvalue weighted by atomic mass is 10.1. The summed E-state index contributed by atoms with van der Waals surface area (Å²) >= 11 is 1.26. The average molecular weight is 467 g/mol. The van der Waals surface area contributed by atoms with Gasteiger partial charge in [-0.25, -0.2) is 14.8 Å². The zero-order chi connectivity index (χ0) is 23.8. The lowest BCUT2D eigenvalue weighted by molar-refractivity contribution is -0.116. The molecule has 0 saturated heterocycles. The fourth-order valence-corrected chi connectivity index (χ4v) is 4.18. The third kappa shape index (κ3) is 6.09. The quantitative estimate of drug-likeness (QED) is 0.264. The number of aryl methyl sites for hydroxylation is 1. The van der Waals surface area contributed by atoms with Crippen LogP contribution in [0.2, 0.25) is 0 Å². The zero-order valence-electron chi connectivity index (χ0n) is 18.5. The van der Waals surface area contributed by atoms with E-state index in [-0.39, 0.29) is 19.1 Å². The summed E-state index contributed by atoms with van der Waals surface area (Å²) in [5.74, 6) is 0.461. The van der Waals surface area contributed by atoms with Gasteiger partial charge in [0.05, 0.1) is 12.1 Å². The molecule has 0 aliphatic rings. The van der Waals surface area contributed by atoms with Crippen LogP contribution in [0.4, 0.5) is 5.82 Å². The molecule has 0 saturated carbocycles. The number of nitrogen functional groups attached to an aromatic ring is 1. The Hall–Kier alpha value is -3.43. The third-order valence-electron chi connectivity index (χ3n) is 5.09. The summed E-state index contributed by atoms with van der Waals surface area (Å²) in [5, 5.41) is 11.3. The molecule has 33 heavy (non-hydrogen) atoms. The van der Waals surface area contributed by atoms with Gasteiger partial charge in [-0.05, 0) is 30.7 Å². The summed E-state index contributed by atoms with van der Waals surface area (Å²) < 4.78 is 5.49. The molecule has 1 heterocycles. The van der Waals surface area contributed by atoms with Crippen molar-refractivity contribution in [2.45, 2.75) is 26.8 Å². The number of hydrogen-bond acceptors (Lipinski definition) is 8. The fourth-order valence-electron chi connectivity index (χ4n) is 3.31. The summed E-state index contributed by atoms with van der Waals surface area (Å²) in [6.07, 6.45) is 2.59. The highest BCUT2D eigenvalue weighted by Gasteiger charge is 2.16. The number of anilines is 1. The van der Waals surface area contributed by atoms with Crippen LogP contribution in [-0.2, 0) is 16.1 Å². The van der Waals surface area contributed by atoms with Crippen LogP contribution in [0, 0.1) is 6.92 Å². The van der Waals surface area contributed by atoms with E-state index in [9.17, 15) is 14.7 Å². The van der Waals surface area contributed by atoms with Crippen LogP contribution in [0.25, 0.3) is 10.8 Å². The number of benzene rings is 2. The number of carbonyl (C=O) groups excluding carboxylic acids is 2. The van der Waals surface area contributed by atoms with Gasteiger partial charge in [0.1, 0.15) is 17.6 Å². The molecule has 0 fully saturated rings. The van der Waals surface area contributed by atoms with Crippen molar-refractivity contribution in [2.24, 2.45) is 0 Å². The van der Waals surface area contributed by atoms with Crippen molar-refractivity contribution in [1.82, 2.24) is 14.9 Å². The second-order valence-corrected chi connectivity index (χ2v) is 8.28. The minimum absolute atomic E-state index is 0.0389. The van der Waals surface area contributed by atoms with Crippen LogP contribution in [0.5, 0.6) is 0 Å². The van der Waals surface area contributed by atoms with Crippen molar-refractivity contribution < 1.29 is 19.4 Å². The molecule has 0 unspecified atom stereocenters. The van der Waals surface area contributed by atoms with Crippen LogP contribution in [0.1, 0.15) is 35.1 Å². The van der Waals surface area contributed by atoms with Crippen LogP contribution >= 0.6 is 11.8 Å². The number of thioether (sulfide) groups is 1. The number of allylic oxidation sites excluding steroid dienone is 1. The monoisotopic (exact) mass is 466 g/mol. The van der Waals surface area contributed by atoms with Crippen molar-refractivity contribution >= 4 is 40.7 Å². The standard InChI is InChI=1S/C24H26N4O4S/c1-16(28(14-30)13-19-12-26-17(2)27-23(19)25)22(10-11-29)33-15-32-24(31)21-9-5-7-18-6-3-4-8-20(18)21/h3-9,12,14,29H,10-11,13,15H2,1-2H3,(H2,25,26,27)/b22-16-. The van der Waals surface area contributed by atoms with Gasteiger partial charge in [0.15, 0.2) is 0 Å². The number of hydrogen-bond donors (Lipinski definition) is 2. The Morgan fingerprint density at radius 2 is 2.00 bits per heavy atom. The largest absolute Gasteiger partial charge is 0.451 e. The molecule has 1 amide bonds. The minimum atomic E-state index is -0.433. The second-order valence-electron chi connectivity index (χ2n) is 7.26. The van der Waals surface area contributed by atoms with Gasteiger partial charge in [0.2, 0.25) is 6.41 Å². The maximum absolute atomic E-state index is 12.7. The van der Waals surface area contributed by atoms with Crippen LogP contribution < -0.4 is 5.73 Å². The number of amides is 1. The Balaban J connectivity index is 1.71. The van der Waals surface area contributed by atoms with Crippen molar-refractivity contribution in [2.75, 3.05) is 18.3 Å². The van der Waals surface area contributed by atoms with Crippen molar-refractivity contribution in [3.05, 3.63) is 76.2 Å². The van der Waals surface area contributed by atoms with Gasteiger partial charge >= 0.3 is 5.97 Å². The molecule has 0 aliphatic heterocycles. The zero-order valence-corrected chi connectivity index (χ0v) is 19.3. The summed E-state index contributed by atoms with van der Waals surface area (Å²) in [4.78, 5) is 34.9. The van der Waals surface area contributed by atoms with Crippen molar-refractivity contribution in [3.8, 4) is 0 Å². The number of carbonyl (C=O) groups is 2. The molecule has 0 bridgehead atoms. The lowest BCUT2D eigenvalue weighted by Gasteiger charge is -2.22. The number of ether oxygens (including phenoxy) is 1. The van der Waals surface area contributed by atoms with Crippen LogP contribution in [-0.4, -0.2) is 44.9 Å². The first kappa shape index (κ1) is 24.2. The third-order valence-corrected chi connectivity index (χ3v) is 6.18. The van der Waals surface area contributed by atoms with E-state index in [0.717, 1.165) is 15.7 Å². The maximum Gasteiger partial charge on any atom is 0.339 e. The van der Waals surface area contributed by atoms with Crippen molar-refractivity contribution in [1.29, 1.82) is 0 Å². The van der Waals surface area contributed by atoms with E-state index in [1.54, 1.807) is 26.1 Å². The van der Waals surface area contributed by atoms with E-state index < -0.39 is 5.97 Å². The van der Waals surface area contributed by atoms with Gasteiger partial charge < -0.3 is 20.5 Å². The number of nitrogens with two attached hydrogens (primary N) is 1. The smallest absolute Gasteiger partial charge is 0.339 e. The molecular weight excluding hydrogens is 440 g/mol. The highest BCUT2D eigenvalue weighted by atomic mass is 32.2. The Morgan fingerprint density at radius 3 is 2.73 bits per heavy atom. The average Bonchev–Trinajstić information content (AvgIpc) is 2.82. The van der Waals surface area contributed by atoms with Crippen LogP contribution in [0.3, 0.4) is 0 Å². The summed E-state index contributed by atoms with van der Waals surface area (Å²) in [5.41, 5.74) is 7.69. The molecule has 1 aromatic heterocycles. The molecule has 0 radical (unpaired) electrons. The van der Waals surface area contributed by atoms with E-state index in [4.69, 9.17) is 10.5 Å². The second kappa shape index (κ2) is 11.4. The first-order valence-corrected chi connectivity index (χ1v) is 11.3. The summed E-state index contributed by atoms with van der Waals surface area (Å²) in [6, 6.07) is 13.1. The summed E-state index contributed by atoms with van der Waals surface area (Å²) in [7, 11) is 0. The maximum atomic E-state index is 12.7. The molecule has 0 aliphatic carbocycles. The lowest BCUT2D eigenvalue weighted by Crippen LogP contribution is -2.22. The molecule has 3 aromatic rings. The van der Waals surface area contributed by atoms with Gasteiger partial charge in [0, 0.05) is 35.4 Å². The first-order valence-electron chi connectivity index (χ1n) is 10.3. The Bertz CT molecular complexity index is 1180. The molecule has 2 aromatic carbocycles. The van der Waals surface area contributed by atoms with Gasteiger partial charge in [-0.3, -0.25) is 4.79 Å². The molecule has 0 atom stereocenters. The van der Waals surface area contributed by atoms with Crippen molar-refractivity contribution in [3.63, 3.8) is 0 Å². The molecule has 8 nitrogen and oxygen atoms in total. The molecule has 172 valence electrons. The van der Waals surface area contributed by atoms with E-state index in [1.165, 1.54) is 16.7 Å². The van der Waals surface area contributed by atoms with Gasteiger partial charge in [-0.15, -0.1) is 0 Å². The predicted octanol–water partition coefficient (Wildman–Crippen LogP) is 3.64.